The van der Waals surface area contributed by atoms with E-state index in [1.54, 1.807) is 6.07 Å². The number of ether oxygens (including phenoxy) is 1. The van der Waals surface area contributed by atoms with Gasteiger partial charge in [-0.2, -0.15) is 13.2 Å². The molecule has 204 valence electrons. The highest BCUT2D eigenvalue weighted by Gasteiger charge is 2.34. The second kappa shape index (κ2) is 10.9. The number of morpholine rings is 1. The van der Waals surface area contributed by atoms with E-state index in [4.69, 9.17) is 4.74 Å². The summed E-state index contributed by atoms with van der Waals surface area (Å²) in [6.07, 6.45) is 0.460. The molecule has 0 unspecified atom stereocenters. The van der Waals surface area contributed by atoms with Crippen molar-refractivity contribution in [1.29, 1.82) is 0 Å². The van der Waals surface area contributed by atoms with Crippen LogP contribution in [0.1, 0.15) is 37.5 Å². The summed E-state index contributed by atoms with van der Waals surface area (Å²) in [4.78, 5) is 19.5. The summed E-state index contributed by atoms with van der Waals surface area (Å²) in [7, 11) is 0. The molecule has 0 radical (unpaired) electrons. The third-order valence-electron chi connectivity index (χ3n) is 6.84. The van der Waals surface area contributed by atoms with E-state index < -0.39 is 11.7 Å². The molecule has 4 heterocycles. The third kappa shape index (κ3) is 6.17. The SMILES string of the molecule is CC(C)(C)c1ccc(Nc2ncnc3cc(-c4ncccc4C(F)(F)F)cnc23)cc1CCN1CCOCC1. The minimum atomic E-state index is -4.53. The van der Waals surface area contributed by atoms with Crippen molar-refractivity contribution in [3.63, 3.8) is 0 Å². The van der Waals surface area contributed by atoms with Crippen LogP contribution in [0.4, 0.5) is 24.7 Å². The number of alkyl halides is 3. The largest absolute Gasteiger partial charge is 0.418 e. The lowest BCUT2D eigenvalue weighted by Crippen LogP contribution is -2.37. The second-order valence-corrected chi connectivity index (χ2v) is 10.7. The van der Waals surface area contributed by atoms with Crippen molar-refractivity contribution in [1.82, 2.24) is 24.8 Å². The number of nitrogens with zero attached hydrogens (tertiary/aromatic N) is 5. The maximum atomic E-state index is 13.5. The van der Waals surface area contributed by atoms with E-state index >= 15 is 0 Å². The first kappa shape index (κ1) is 27.0. The van der Waals surface area contributed by atoms with Gasteiger partial charge in [0.25, 0.3) is 0 Å². The van der Waals surface area contributed by atoms with Crippen LogP contribution in [-0.2, 0) is 22.7 Å². The van der Waals surface area contributed by atoms with Gasteiger partial charge in [-0.1, -0.05) is 26.8 Å². The Morgan fingerprint density at radius 1 is 0.949 bits per heavy atom. The molecule has 1 fully saturated rings. The highest BCUT2D eigenvalue weighted by Crippen LogP contribution is 2.36. The van der Waals surface area contributed by atoms with Crippen molar-refractivity contribution >= 4 is 22.5 Å². The molecule has 1 aliphatic heterocycles. The van der Waals surface area contributed by atoms with E-state index in [0.29, 0.717) is 16.9 Å². The molecule has 4 aromatic rings. The maximum Gasteiger partial charge on any atom is 0.418 e. The lowest BCUT2D eigenvalue weighted by atomic mass is 9.82. The van der Waals surface area contributed by atoms with Gasteiger partial charge in [0, 0.05) is 43.3 Å². The van der Waals surface area contributed by atoms with Gasteiger partial charge in [0.05, 0.1) is 30.0 Å². The number of anilines is 2. The molecule has 1 aliphatic rings. The first-order valence-electron chi connectivity index (χ1n) is 12.9. The Morgan fingerprint density at radius 2 is 1.74 bits per heavy atom. The van der Waals surface area contributed by atoms with Crippen LogP contribution in [-0.4, -0.2) is 57.7 Å². The number of halogens is 3. The number of hydrogen-bond acceptors (Lipinski definition) is 7. The average molecular weight is 537 g/mol. The van der Waals surface area contributed by atoms with E-state index in [-0.39, 0.29) is 16.7 Å². The molecule has 0 saturated carbocycles. The standard InChI is InChI=1S/C29H31F3N6O/c1-28(2,3)22-7-6-21(15-19(22)8-10-38-11-13-39-14-12-38)37-27-26-24(35-18-36-27)16-20(17-34-26)25-23(29(30,31)32)5-4-9-33-25/h4-7,9,15-18H,8,10-14H2,1-3H3,(H,35,36,37). The van der Waals surface area contributed by atoms with Gasteiger partial charge in [0.1, 0.15) is 11.8 Å². The van der Waals surface area contributed by atoms with Crippen molar-refractivity contribution in [2.75, 3.05) is 38.2 Å². The number of hydrogen-bond donors (Lipinski definition) is 1. The molecule has 1 aromatic carbocycles. The zero-order valence-electron chi connectivity index (χ0n) is 22.2. The molecular weight excluding hydrogens is 505 g/mol. The van der Waals surface area contributed by atoms with E-state index in [1.165, 1.54) is 35.9 Å². The lowest BCUT2D eigenvalue weighted by molar-refractivity contribution is -0.137. The lowest BCUT2D eigenvalue weighted by Gasteiger charge is -2.28. The van der Waals surface area contributed by atoms with Crippen molar-refractivity contribution in [3.8, 4) is 11.3 Å². The van der Waals surface area contributed by atoms with Gasteiger partial charge in [-0.3, -0.25) is 9.88 Å². The summed E-state index contributed by atoms with van der Waals surface area (Å²) in [6, 6.07) is 10.1. The minimum Gasteiger partial charge on any atom is -0.379 e. The van der Waals surface area contributed by atoms with Gasteiger partial charge in [0.2, 0.25) is 0 Å². The average Bonchev–Trinajstić information content (AvgIpc) is 2.91. The highest BCUT2D eigenvalue weighted by atomic mass is 19.4. The van der Waals surface area contributed by atoms with Crippen molar-refractivity contribution in [2.24, 2.45) is 0 Å². The van der Waals surface area contributed by atoms with Gasteiger partial charge < -0.3 is 10.1 Å². The summed E-state index contributed by atoms with van der Waals surface area (Å²) < 4.78 is 46.1. The van der Waals surface area contributed by atoms with Crippen molar-refractivity contribution < 1.29 is 17.9 Å². The molecule has 0 aliphatic carbocycles. The van der Waals surface area contributed by atoms with Crippen molar-refractivity contribution in [3.05, 3.63) is 71.8 Å². The van der Waals surface area contributed by atoms with Crippen LogP contribution in [0.15, 0.2) is 55.1 Å². The molecule has 1 N–H and O–H groups in total. The summed E-state index contributed by atoms with van der Waals surface area (Å²) in [6.45, 7) is 11.0. The smallest absolute Gasteiger partial charge is 0.379 e. The Hall–Kier alpha value is -3.63. The summed E-state index contributed by atoms with van der Waals surface area (Å²) in [5, 5.41) is 3.36. The molecule has 10 heteroatoms. The predicted octanol–water partition coefficient (Wildman–Crippen LogP) is 6.02. The van der Waals surface area contributed by atoms with E-state index in [0.717, 1.165) is 51.0 Å². The minimum absolute atomic E-state index is 0.0147. The molecular formula is C29H31F3N6O. The fourth-order valence-corrected chi connectivity index (χ4v) is 4.88. The van der Waals surface area contributed by atoms with Crippen LogP contribution in [0.2, 0.25) is 0 Å². The number of fused-ring (bicyclic) bond motifs is 1. The zero-order valence-corrected chi connectivity index (χ0v) is 22.2. The summed E-state index contributed by atoms with van der Waals surface area (Å²) in [5.41, 5.74) is 3.49. The van der Waals surface area contributed by atoms with Gasteiger partial charge in [-0.15, -0.1) is 0 Å². The molecule has 3 aromatic heterocycles. The van der Waals surface area contributed by atoms with Crippen LogP contribution in [0.25, 0.3) is 22.3 Å². The maximum absolute atomic E-state index is 13.5. The fraction of sp³-hybridized carbons (Fsp3) is 0.379. The molecule has 0 atom stereocenters. The van der Waals surface area contributed by atoms with E-state index in [9.17, 15) is 13.2 Å². The van der Waals surface area contributed by atoms with Gasteiger partial charge in [-0.05, 0) is 53.3 Å². The molecule has 0 amide bonds. The second-order valence-electron chi connectivity index (χ2n) is 10.7. The highest BCUT2D eigenvalue weighted by molar-refractivity contribution is 5.89. The Labute approximate surface area is 225 Å². The number of benzene rings is 1. The van der Waals surface area contributed by atoms with Crippen LogP contribution in [0.3, 0.4) is 0 Å². The Bertz CT molecular complexity index is 1460. The summed E-state index contributed by atoms with van der Waals surface area (Å²) >= 11 is 0. The number of pyridine rings is 2. The molecule has 7 nitrogen and oxygen atoms in total. The number of aromatic nitrogens is 4. The number of rotatable bonds is 6. The van der Waals surface area contributed by atoms with E-state index in [1.807, 2.05) is 6.07 Å². The van der Waals surface area contributed by atoms with Crippen LogP contribution >= 0.6 is 0 Å². The Balaban J connectivity index is 1.44. The quantitative estimate of drug-likeness (QED) is 0.323. The van der Waals surface area contributed by atoms with Crippen LogP contribution in [0.5, 0.6) is 0 Å². The van der Waals surface area contributed by atoms with E-state index in [2.05, 4.69) is 63.1 Å². The topological polar surface area (TPSA) is 76.1 Å². The third-order valence-corrected chi connectivity index (χ3v) is 6.84. The zero-order chi connectivity index (χ0) is 27.6. The Kier molecular flexibility index (Phi) is 7.51. The van der Waals surface area contributed by atoms with Gasteiger partial charge in [-0.25, -0.2) is 15.0 Å². The first-order valence-corrected chi connectivity index (χ1v) is 12.9. The normalized spacial score (nSPS) is 15.0. The first-order chi connectivity index (χ1) is 18.6. The molecule has 1 saturated heterocycles. The fourth-order valence-electron chi connectivity index (χ4n) is 4.88. The number of nitrogens with one attached hydrogen (secondary N) is 1. The van der Waals surface area contributed by atoms with Gasteiger partial charge >= 0.3 is 6.18 Å². The van der Waals surface area contributed by atoms with Crippen molar-refractivity contribution in [2.45, 2.75) is 38.8 Å². The molecule has 39 heavy (non-hydrogen) atoms. The van der Waals surface area contributed by atoms with Crippen LogP contribution in [0, 0.1) is 0 Å². The van der Waals surface area contributed by atoms with Gasteiger partial charge in [0.15, 0.2) is 5.82 Å². The molecule has 5 rings (SSSR count). The Morgan fingerprint density at radius 3 is 2.49 bits per heavy atom. The molecule has 0 spiro atoms. The monoisotopic (exact) mass is 536 g/mol. The molecule has 0 bridgehead atoms. The summed E-state index contributed by atoms with van der Waals surface area (Å²) in [5.74, 6) is 0.478. The predicted molar refractivity (Wildman–Crippen MR) is 145 cm³/mol. The van der Waals surface area contributed by atoms with Crippen LogP contribution < -0.4 is 5.32 Å².